The first-order chi connectivity index (χ1) is 8.77. The first-order valence-electron chi connectivity index (χ1n) is 5.70. The van der Waals surface area contributed by atoms with E-state index in [1.807, 2.05) is 13.8 Å². The van der Waals surface area contributed by atoms with E-state index in [1.54, 1.807) is 26.1 Å². The van der Waals surface area contributed by atoms with Crippen LogP contribution in [0.4, 0.5) is 0 Å². The summed E-state index contributed by atoms with van der Waals surface area (Å²) in [5, 5.41) is 4.46. The zero-order valence-electron chi connectivity index (χ0n) is 11.2. The largest absolute Gasteiger partial charge is 0.269 e. The highest BCUT2D eigenvalue weighted by Gasteiger charge is 2.24. The van der Waals surface area contributed by atoms with Gasteiger partial charge in [0, 0.05) is 16.7 Å². The van der Waals surface area contributed by atoms with Gasteiger partial charge in [-0.05, 0) is 31.0 Å². The van der Waals surface area contributed by atoms with Gasteiger partial charge in [-0.25, -0.2) is 4.98 Å². The summed E-state index contributed by atoms with van der Waals surface area (Å²) >= 11 is 12.0. The standard InChI is InChI=1S/C12H15Cl2N5/c1-7-5-10(13)16-6-9(7)11(14)17-8(2)12(3,4)18-19-15/h5-6,8H,1-4H3. The van der Waals surface area contributed by atoms with Gasteiger partial charge in [-0.1, -0.05) is 42.2 Å². The van der Waals surface area contributed by atoms with Crippen LogP contribution in [0.5, 0.6) is 0 Å². The molecule has 102 valence electrons. The van der Waals surface area contributed by atoms with Crippen LogP contribution < -0.4 is 0 Å². The number of aromatic nitrogens is 1. The molecule has 1 aromatic heterocycles. The number of nitrogens with zero attached hydrogens (tertiary/aromatic N) is 5. The van der Waals surface area contributed by atoms with E-state index in [0.29, 0.717) is 10.3 Å². The molecule has 1 atom stereocenters. The zero-order valence-corrected chi connectivity index (χ0v) is 12.7. The van der Waals surface area contributed by atoms with E-state index in [9.17, 15) is 0 Å². The lowest BCUT2D eigenvalue weighted by molar-refractivity contribution is 0.434. The summed E-state index contributed by atoms with van der Waals surface area (Å²) in [6.07, 6.45) is 1.58. The molecule has 0 amide bonds. The molecule has 7 heteroatoms. The molecule has 0 aromatic carbocycles. The fraction of sp³-hybridized carbons (Fsp3) is 0.500. The van der Waals surface area contributed by atoms with Crippen LogP contribution in [0.1, 0.15) is 31.9 Å². The maximum atomic E-state index is 8.53. The number of aliphatic imine (C=N–C) groups is 1. The van der Waals surface area contributed by atoms with Crippen molar-refractivity contribution in [1.29, 1.82) is 0 Å². The average Bonchev–Trinajstić information content (AvgIpc) is 2.28. The lowest BCUT2D eigenvalue weighted by Gasteiger charge is -2.23. The Hall–Kier alpha value is -1.29. The Balaban J connectivity index is 3.08. The lowest BCUT2D eigenvalue weighted by atomic mass is 9.98. The zero-order chi connectivity index (χ0) is 14.6. The van der Waals surface area contributed by atoms with Crippen molar-refractivity contribution in [3.8, 4) is 0 Å². The summed E-state index contributed by atoms with van der Waals surface area (Å²) in [4.78, 5) is 11.2. The molecule has 0 radical (unpaired) electrons. The van der Waals surface area contributed by atoms with Gasteiger partial charge in [0.25, 0.3) is 0 Å². The maximum absolute atomic E-state index is 8.53. The van der Waals surface area contributed by atoms with E-state index < -0.39 is 5.54 Å². The van der Waals surface area contributed by atoms with E-state index in [4.69, 9.17) is 28.7 Å². The summed E-state index contributed by atoms with van der Waals surface area (Å²) in [5.74, 6) is 0. The molecule has 0 saturated heterocycles. The molecule has 5 nitrogen and oxygen atoms in total. The predicted molar refractivity (Wildman–Crippen MR) is 79.1 cm³/mol. The molecule has 0 aliphatic rings. The Bertz CT molecular complexity index is 547. The highest BCUT2D eigenvalue weighted by Crippen LogP contribution is 2.21. The molecule has 0 bridgehead atoms. The molecule has 1 unspecified atom stereocenters. The van der Waals surface area contributed by atoms with Crippen LogP contribution >= 0.6 is 23.2 Å². The third-order valence-corrected chi connectivity index (χ3v) is 3.44. The molecule has 0 spiro atoms. The van der Waals surface area contributed by atoms with Crippen LogP contribution in [0.2, 0.25) is 5.15 Å². The first-order valence-corrected chi connectivity index (χ1v) is 6.45. The van der Waals surface area contributed by atoms with Crippen molar-refractivity contribution in [3.63, 3.8) is 0 Å². The second-order valence-electron chi connectivity index (χ2n) is 4.76. The number of aryl methyl sites for hydroxylation is 1. The van der Waals surface area contributed by atoms with Crippen molar-refractivity contribution in [1.82, 2.24) is 4.98 Å². The highest BCUT2D eigenvalue weighted by atomic mass is 35.5. The van der Waals surface area contributed by atoms with Gasteiger partial charge < -0.3 is 0 Å². The van der Waals surface area contributed by atoms with Crippen LogP contribution in [0.15, 0.2) is 22.4 Å². The van der Waals surface area contributed by atoms with Crippen molar-refractivity contribution >= 4 is 28.4 Å². The topological polar surface area (TPSA) is 74.0 Å². The fourth-order valence-corrected chi connectivity index (χ4v) is 1.89. The molecular weight excluding hydrogens is 285 g/mol. The van der Waals surface area contributed by atoms with Crippen molar-refractivity contribution in [2.75, 3.05) is 0 Å². The minimum atomic E-state index is -0.650. The molecule has 19 heavy (non-hydrogen) atoms. The Kier molecular flexibility index (Phi) is 5.18. The maximum Gasteiger partial charge on any atom is 0.132 e. The van der Waals surface area contributed by atoms with Gasteiger partial charge in [0.05, 0.1) is 11.6 Å². The normalized spacial score (nSPS) is 13.9. The molecule has 0 aliphatic heterocycles. The lowest BCUT2D eigenvalue weighted by Crippen LogP contribution is -2.30. The van der Waals surface area contributed by atoms with E-state index in [2.05, 4.69) is 20.0 Å². The van der Waals surface area contributed by atoms with Crippen molar-refractivity contribution in [2.24, 2.45) is 10.1 Å². The highest BCUT2D eigenvalue weighted by molar-refractivity contribution is 6.69. The number of hydrogen-bond donors (Lipinski definition) is 0. The van der Waals surface area contributed by atoms with Crippen molar-refractivity contribution in [2.45, 2.75) is 39.3 Å². The molecule has 1 heterocycles. The molecule has 0 N–H and O–H groups in total. The Morgan fingerprint density at radius 1 is 1.53 bits per heavy atom. The van der Waals surface area contributed by atoms with Crippen LogP contribution in [-0.4, -0.2) is 21.7 Å². The molecule has 1 rings (SSSR count). The second kappa shape index (κ2) is 6.24. The van der Waals surface area contributed by atoms with E-state index in [1.165, 1.54) is 0 Å². The number of azide groups is 1. The second-order valence-corrected chi connectivity index (χ2v) is 5.51. The van der Waals surface area contributed by atoms with Crippen molar-refractivity contribution in [3.05, 3.63) is 39.0 Å². The third kappa shape index (κ3) is 4.10. The van der Waals surface area contributed by atoms with E-state index in [0.717, 1.165) is 11.1 Å². The van der Waals surface area contributed by atoms with Crippen LogP contribution in [0.25, 0.3) is 10.4 Å². The van der Waals surface area contributed by atoms with Gasteiger partial charge in [0.1, 0.15) is 10.3 Å². The summed E-state index contributed by atoms with van der Waals surface area (Å²) in [6.45, 7) is 7.33. The fourth-order valence-electron chi connectivity index (χ4n) is 1.33. The predicted octanol–water partition coefficient (Wildman–Crippen LogP) is 4.51. The van der Waals surface area contributed by atoms with Gasteiger partial charge in [0.15, 0.2) is 0 Å². The summed E-state index contributed by atoms with van der Waals surface area (Å²) < 4.78 is 0. The minimum absolute atomic E-state index is 0.258. The summed E-state index contributed by atoms with van der Waals surface area (Å²) in [7, 11) is 0. The number of halogens is 2. The Labute approximate surface area is 122 Å². The van der Waals surface area contributed by atoms with Gasteiger partial charge in [-0.3, -0.25) is 4.99 Å². The monoisotopic (exact) mass is 299 g/mol. The Morgan fingerprint density at radius 2 is 2.16 bits per heavy atom. The van der Waals surface area contributed by atoms with Crippen LogP contribution in [0, 0.1) is 6.92 Å². The average molecular weight is 300 g/mol. The minimum Gasteiger partial charge on any atom is -0.269 e. The van der Waals surface area contributed by atoms with Gasteiger partial charge in [-0.2, -0.15) is 0 Å². The first kappa shape index (κ1) is 15.8. The van der Waals surface area contributed by atoms with Gasteiger partial charge in [-0.15, -0.1) is 0 Å². The van der Waals surface area contributed by atoms with Crippen LogP contribution in [0.3, 0.4) is 0 Å². The molecule has 0 saturated carbocycles. The van der Waals surface area contributed by atoms with Crippen molar-refractivity contribution < 1.29 is 0 Å². The SMILES string of the molecule is Cc1cc(Cl)ncc1C(Cl)=NC(C)C(C)(C)N=[N+]=[N-]. The number of hydrogen-bond acceptors (Lipinski definition) is 3. The third-order valence-electron chi connectivity index (χ3n) is 2.93. The quantitative estimate of drug-likeness (QED) is 0.265. The number of pyridine rings is 1. The summed E-state index contributed by atoms with van der Waals surface area (Å²) in [6, 6.07) is 1.46. The summed E-state index contributed by atoms with van der Waals surface area (Å²) in [5.41, 5.74) is 9.49. The van der Waals surface area contributed by atoms with Crippen LogP contribution in [-0.2, 0) is 0 Å². The Morgan fingerprint density at radius 3 is 2.68 bits per heavy atom. The molecule has 1 aromatic rings. The van der Waals surface area contributed by atoms with Gasteiger partial charge in [0.2, 0.25) is 0 Å². The molecule has 0 aliphatic carbocycles. The van der Waals surface area contributed by atoms with Gasteiger partial charge >= 0.3 is 0 Å². The molecule has 0 fully saturated rings. The van der Waals surface area contributed by atoms with E-state index in [-0.39, 0.29) is 6.04 Å². The van der Waals surface area contributed by atoms with E-state index >= 15 is 0 Å². The smallest absolute Gasteiger partial charge is 0.132 e. The number of rotatable bonds is 4. The molecular formula is C12H15Cl2N5.